The highest BCUT2D eigenvalue weighted by Gasteiger charge is 2.50. The fourth-order valence-electron chi connectivity index (χ4n) is 4.38. The monoisotopic (exact) mass is 456 g/mol. The molecule has 2 heterocycles. The van der Waals surface area contributed by atoms with E-state index in [-0.39, 0.29) is 29.4 Å². The lowest BCUT2D eigenvalue weighted by Gasteiger charge is -2.36. The van der Waals surface area contributed by atoms with Crippen LogP contribution in [-0.2, 0) is 6.18 Å². The highest BCUT2D eigenvalue weighted by molar-refractivity contribution is 5.86. The first-order valence-electron chi connectivity index (χ1n) is 9.79. The van der Waals surface area contributed by atoms with Crippen molar-refractivity contribution >= 4 is 16.6 Å². The van der Waals surface area contributed by atoms with Gasteiger partial charge in [-0.25, -0.2) is 0 Å². The number of halogens is 6. The second kappa shape index (κ2) is 7.84. The van der Waals surface area contributed by atoms with Gasteiger partial charge in [0.1, 0.15) is 0 Å². The maximum absolute atomic E-state index is 13.6. The molecule has 2 N–H and O–H groups in total. The largest absolute Gasteiger partial charge is 0.417 e. The summed E-state index contributed by atoms with van der Waals surface area (Å²) in [6.45, 7) is 0. The van der Waals surface area contributed by atoms with Crippen molar-refractivity contribution in [1.29, 1.82) is 0 Å². The normalized spacial score (nSPS) is 20.7. The van der Waals surface area contributed by atoms with Crippen LogP contribution in [0.4, 0.5) is 32.0 Å². The Morgan fingerprint density at radius 3 is 2.28 bits per heavy atom. The number of hydrogen-bond donors (Lipinski definition) is 2. The maximum atomic E-state index is 13.6. The number of alkyl halides is 6. The summed E-state index contributed by atoms with van der Waals surface area (Å²) in [6, 6.07) is 10.8. The second-order valence-electron chi connectivity index (χ2n) is 7.74. The molecule has 3 atom stereocenters. The van der Waals surface area contributed by atoms with Gasteiger partial charge in [-0.3, -0.25) is 4.79 Å². The van der Waals surface area contributed by atoms with Crippen LogP contribution in [0.2, 0.25) is 0 Å². The van der Waals surface area contributed by atoms with Gasteiger partial charge in [0.2, 0.25) is 5.56 Å². The summed E-state index contributed by atoms with van der Waals surface area (Å²) in [4.78, 5) is 15.3. The van der Waals surface area contributed by atoms with E-state index < -0.39 is 41.7 Å². The number of nitrogens with one attached hydrogen (secondary N) is 1. The minimum atomic E-state index is -4.90. The molecule has 4 nitrogen and oxygen atoms in total. The molecular weight excluding hydrogens is 438 g/mol. The SMILES string of the molecule is O=c1cc(C(F)(F)F)c2cc(N3C(c4ccccc4)CCC3[C@@H](O)C(F)(F)F)ccc2[nH]1. The molecule has 1 fully saturated rings. The summed E-state index contributed by atoms with van der Waals surface area (Å²) in [6.07, 6.45) is -12.1. The summed E-state index contributed by atoms with van der Waals surface area (Å²) in [5.74, 6) is 0. The Labute approximate surface area is 178 Å². The van der Waals surface area contributed by atoms with Gasteiger partial charge >= 0.3 is 12.4 Å². The predicted octanol–water partition coefficient (Wildman–Crippen LogP) is 5.18. The van der Waals surface area contributed by atoms with Crippen LogP contribution in [0.1, 0.15) is 30.0 Å². The fourth-order valence-corrected chi connectivity index (χ4v) is 4.38. The van der Waals surface area contributed by atoms with E-state index in [9.17, 15) is 36.2 Å². The Kier molecular flexibility index (Phi) is 5.44. The number of aromatic nitrogens is 1. The quantitative estimate of drug-likeness (QED) is 0.534. The highest BCUT2D eigenvalue weighted by atomic mass is 19.4. The summed E-state index contributed by atoms with van der Waals surface area (Å²) in [7, 11) is 0. The standard InChI is InChI=1S/C22H18F6N2O2/c23-21(24,25)15-11-19(31)29-16-7-6-13(10-14(15)16)30-17(12-4-2-1-3-5-12)8-9-18(30)20(32)22(26,27)28/h1-7,10-11,17-18,20,32H,8-9H2,(H,29,31)/t17?,18?,20-/m1/s1. The zero-order chi connectivity index (χ0) is 23.3. The predicted molar refractivity (Wildman–Crippen MR) is 106 cm³/mol. The van der Waals surface area contributed by atoms with Crippen molar-refractivity contribution in [1.82, 2.24) is 4.98 Å². The minimum absolute atomic E-state index is 0.00394. The van der Waals surface area contributed by atoms with Crippen molar-refractivity contribution in [2.45, 2.75) is 43.4 Å². The van der Waals surface area contributed by atoms with Crippen molar-refractivity contribution in [3.8, 4) is 0 Å². The highest BCUT2D eigenvalue weighted by Crippen LogP contribution is 2.45. The van der Waals surface area contributed by atoms with E-state index in [4.69, 9.17) is 0 Å². The first-order chi connectivity index (χ1) is 15.0. The Hall–Kier alpha value is -3.01. The number of aliphatic hydroxyl groups excluding tert-OH is 1. The van der Waals surface area contributed by atoms with Crippen LogP contribution >= 0.6 is 0 Å². The smallest absolute Gasteiger partial charge is 0.382 e. The lowest BCUT2D eigenvalue weighted by Crippen LogP contribution is -2.47. The number of pyridine rings is 1. The average Bonchev–Trinajstić information content (AvgIpc) is 3.16. The van der Waals surface area contributed by atoms with Crippen LogP contribution in [0, 0.1) is 0 Å². The third kappa shape index (κ3) is 4.06. The molecule has 0 saturated carbocycles. The molecule has 0 spiro atoms. The number of H-pyrrole nitrogens is 1. The number of fused-ring (bicyclic) bond motifs is 1. The summed E-state index contributed by atoms with van der Waals surface area (Å²) >= 11 is 0. The molecule has 2 aromatic carbocycles. The van der Waals surface area contributed by atoms with E-state index in [1.165, 1.54) is 17.0 Å². The molecule has 0 bridgehead atoms. The molecule has 4 rings (SSSR count). The van der Waals surface area contributed by atoms with Crippen LogP contribution in [0.15, 0.2) is 59.4 Å². The third-order valence-corrected chi connectivity index (χ3v) is 5.74. The first kappa shape index (κ1) is 22.2. The molecule has 170 valence electrons. The molecule has 0 radical (unpaired) electrons. The Bertz CT molecular complexity index is 1170. The van der Waals surface area contributed by atoms with Gasteiger partial charge in [-0.05, 0) is 36.6 Å². The molecule has 2 unspecified atom stereocenters. The summed E-state index contributed by atoms with van der Waals surface area (Å²) in [5, 5.41) is 9.68. The minimum Gasteiger partial charge on any atom is -0.382 e. The molecule has 32 heavy (non-hydrogen) atoms. The Morgan fingerprint density at radius 2 is 1.66 bits per heavy atom. The van der Waals surface area contributed by atoms with Gasteiger partial charge in [0.25, 0.3) is 0 Å². The van der Waals surface area contributed by atoms with E-state index in [0.717, 1.165) is 6.07 Å². The number of hydrogen-bond acceptors (Lipinski definition) is 3. The van der Waals surface area contributed by atoms with E-state index >= 15 is 0 Å². The van der Waals surface area contributed by atoms with Gasteiger partial charge < -0.3 is 15.0 Å². The van der Waals surface area contributed by atoms with Crippen LogP contribution < -0.4 is 10.5 Å². The molecule has 1 aromatic heterocycles. The third-order valence-electron chi connectivity index (χ3n) is 5.74. The topological polar surface area (TPSA) is 56.3 Å². The molecule has 1 saturated heterocycles. The molecule has 0 aliphatic carbocycles. The van der Waals surface area contributed by atoms with Gasteiger partial charge in [-0.1, -0.05) is 30.3 Å². The van der Waals surface area contributed by atoms with Gasteiger partial charge in [0.15, 0.2) is 6.10 Å². The van der Waals surface area contributed by atoms with Crippen LogP contribution in [0.5, 0.6) is 0 Å². The van der Waals surface area contributed by atoms with E-state index in [1.54, 1.807) is 30.3 Å². The lowest BCUT2D eigenvalue weighted by molar-refractivity contribution is -0.209. The number of benzene rings is 2. The fraction of sp³-hybridized carbons (Fsp3) is 0.318. The van der Waals surface area contributed by atoms with Crippen molar-refractivity contribution in [3.63, 3.8) is 0 Å². The van der Waals surface area contributed by atoms with Gasteiger partial charge in [-0.2, -0.15) is 26.3 Å². The van der Waals surface area contributed by atoms with Crippen molar-refractivity contribution in [2.24, 2.45) is 0 Å². The summed E-state index contributed by atoms with van der Waals surface area (Å²) in [5.41, 5.74) is -1.43. The number of aliphatic hydroxyl groups is 1. The molecule has 10 heteroatoms. The first-order valence-corrected chi connectivity index (χ1v) is 9.79. The molecule has 0 amide bonds. The van der Waals surface area contributed by atoms with Crippen molar-refractivity contribution in [2.75, 3.05) is 4.90 Å². The van der Waals surface area contributed by atoms with Gasteiger partial charge in [0.05, 0.1) is 17.6 Å². The lowest BCUT2D eigenvalue weighted by atomic mass is 10.0. The average molecular weight is 456 g/mol. The van der Waals surface area contributed by atoms with E-state index in [1.807, 2.05) is 0 Å². The van der Waals surface area contributed by atoms with Crippen LogP contribution in [0.3, 0.4) is 0 Å². The van der Waals surface area contributed by atoms with Gasteiger partial charge in [-0.15, -0.1) is 0 Å². The number of aromatic amines is 1. The van der Waals surface area contributed by atoms with Crippen LogP contribution in [-0.4, -0.2) is 28.4 Å². The molecule has 1 aliphatic heterocycles. The van der Waals surface area contributed by atoms with Gasteiger partial charge in [0, 0.05) is 22.7 Å². The summed E-state index contributed by atoms with van der Waals surface area (Å²) < 4.78 is 80.8. The number of nitrogens with zero attached hydrogens (tertiary/aromatic N) is 1. The maximum Gasteiger partial charge on any atom is 0.417 e. The van der Waals surface area contributed by atoms with Crippen molar-refractivity contribution < 1.29 is 31.4 Å². The zero-order valence-electron chi connectivity index (χ0n) is 16.4. The van der Waals surface area contributed by atoms with E-state index in [0.29, 0.717) is 11.6 Å². The van der Waals surface area contributed by atoms with Crippen molar-refractivity contribution in [3.05, 3.63) is 76.1 Å². The Balaban J connectivity index is 1.89. The molecule has 3 aromatic rings. The molecule has 1 aliphatic rings. The van der Waals surface area contributed by atoms with Crippen LogP contribution in [0.25, 0.3) is 10.9 Å². The number of anilines is 1. The van der Waals surface area contributed by atoms with E-state index in [2.05, 4.69) is 4.98 Å². The second-order valence-corrected chi connectivity index (χ2v) is 7.74. The zero-order valence-corrected chi connectivity index (χ0v) is 16.4. The molecular formula is C22H18F6N2O2. The Morgan fingerprint density at radius 1 is 0.969 bits per heavy atom. The number of rotatable bonds is 3.